The van der Waals surface area contributed by atoms with Crippen LogP contribution in [-0.4, -0.2) is 11.0 Å². The van der Waals surface area contributed by atoms with E-state index in [0.717, 1.165) is 5.01 Å². The van der Waals surface area contributed by atoms with E-state index in [9.17, 15) is 4.79 Å². The molecule has 0 fully saturated rings. The average molecular weight is 234 g/mol. The lowest BCUT2D eigenvalue weighted by Crippen LogP contribution is -2.32. The predicted octanol–water partition coefficient (Wildman–Crippen LogP) is 1.53. The summed E-state index contributed by atoms with van der Waals surface area (Å²) in [7, 11) is 1.85. The van der Waals surface area contributed by atoms with Gasteiger partial charge in [0.15, 0.2) is 7.05 Å². The molecule has 0 spiro atoms. The van der Waals surface area contributed by atoms with E-state index in [0.29, 0.717) is 10.7 Å². The molecule has 0 bridgehead atoms. The third-order valence-electron chi connectivity index (χ3n) is 2.20. The lowest BCUT2D eigenvalue weighted by Gasteiger charge is -1.98. The van der Waals surface area contributed by atoms with Crippen LogP contribution in [0.3, 0.4) is 0 Å². The zero-order chi connectivity index (χ0) is 11.5. The molecule has 16 heavy (non-hydrogen) atoms. The summed E-state index contributed by atoms with van der Waals surface area (Å²) in [4.78, 5) is 11.8. The number of nitrogens with zero attached hydrogens (tertiary/aromatic N) is 2. The molecular formula is C11H12N3OS+. The van der Waals surface area contributed by atoms with Gasteiger partial charge in [0.05, 0.1) is 0 Å². The average Bonchev–Trinajstić information content (AvgIpc) is 2.59. The Kier molecular flexibility index (Phi) is 2.96. The molecule has 0 atom stereocenters. The Bertz CT molecular complexity index is 488. The summed E-state index contributed by atoms with van der Waals surface area (Å²) >= 11 is 1.46. The molecule has 2 rings (SSSR count). The van der Waals surface area contributed by atoms with Crippen molar-refractivity contribution in [3.8, 4) is 0 Å². The SMILES string of the molecule is Cc1sc(NC(=O)c2ccccc2)n[n+]1C. The fourth-order valence-electron chi connectivity index (χ4n) is 1.24. The Morgan fingerprint density at radius 2 is 2.06 bits per heavy atom. The number of rotatable bonds is 2. The van der Waals surface area contributed by atoms with Gasteiger partial charge in [-0.05, 0) is 23.5 Å². The molecule has 2 aromatic rings. The number of hydrogen-bond donors (Lipinski definition) is 1. The van der Waals surface area contributed by atoms with Crippen molar-refractivity contribution in [1.82, 2.24) is 5.10 Å². The first-order valence-corrected chi connectivity index (χ1v) is 5.68. The first-order valence-electron chi connectivity index (χ1n) is 4.87. The van der Waals surface area contributed by atoms with Crippen molar-refractivity contribution in [3.05, 3.63) is 40.9 Å². The van der Waals surface area contributed by atoms with E-state index in [1.807, 2.05) is 32.2 Å². The van der Waals surface area contributed by atoms with Crippen LogP contribution >= 0.6 is 11.3 Å². The molecule has 0 saturated carbocycles. The molecule has 0 aliphatic heterocycles. The highest BCUT2D eigenvalue weighted by atomic mass is 32.1. The zero-order valence-electron chi connectivity index (χ0n) is 9.10. The molecule has 82 valence electrons. The quantitative estimate of drug-likeness (QED) is 0.801. The Balaban J connectivity index is 2.14. The van der Waals surface area contributed by atoms with Crippen LogP contribution in [0.5, 0.6) is 0 Å². The van der Waals surface area contributed by atoms with Gasteiger partial charge in [0.2, 0.25) is 0 Å². The topological polar surface area (TPSA) is 45.9 Å². The predicted molar refractivity (Wildman–Crippen MR) is 62.4 cm³/mol. The number of aromatic nitrogens is 2. The molecule has 5 heteroatoms. The molecule has 4 nitrogen and oxygen atoms in total. The minimum absolute atomic E-state index is 0.130. The number of benzene rings is 1. The van der Waals surface area contributed by atoms with E-state index in [4.69, 9.17) is 0 Å². The van der Waals surface area contributed by atoms with Gasteiger partial charge in [-0.2, -0.15) is 0 Å². The highest BCUT2D eigenvalue weighted by Crippen LogP contribution is 2.13. The number of carbonyl (C=O) groups is 1. The van der Waals surface area contributed by atoms with E-state index in [2.05, 4.69) is 10.4 Å². The molecule has 0 aliphatic rings. The summed E-state index contributed by atoms with van der Waals surface area (Å²) < 4.78 is 1.74. The number of aryl methyl sites for hydroxylation is 2. The largest absolute Gasteiger partial charge is 0.293 e. The monoisotopic (exact) mass is 234 g/mol. The second kappa shape index (κ2) is 4.40. The van der Waals surface area contributed by atoms with Crippen LogP contribution in [0.25, 0.3) is 0 Å². The number of anilines is 1. The lowest BCUT2D eigenvalue weighted by atomic mass is 10.2. The van der Waals surface area contributed by atoms with Crippen LogP contribution in [-0.2, 0) is 7.05 Å². The standard InChI is InChI=1S/C11H11N3OS/c1-8-14(2)13-11(16-8)12-10(15)9-6-4-3-5-7-9/h3-7H,1-2H3/p+1. The van der Waals surface area contributed by atoms with Gasteiger partial charge in [-0.3, -0.25) is 10.1 Å². The summed E-state index contributed by atoms with van der Waals surface area (Å²) in [6, 6.07) is 9.10. The minimum atomic E-state index is -0.130. The Morgan fingerprint density at radius 3 is 2.62 bits per heavy atom. The molecular weight excluding hydrogens is 222 g/mol. The van der Waals surface area contributed by atoms with E-state index in [-0.39, 0.29) is 5.91 Å². The minimum Gasteiger partial charge on any atom is -0.293 e. The van der Waals surface area contributed by atoms with Gasteiger partial charge in [0, 0.05) is 17.6 Å². The maximum Gasteiger partial charge on any atom is 0.263 e. The van der Waals surface area contributed by atoms with Gasteiger partial charge in [0.25, 0.3) is 16.0 Å². The molecule has 1 N–H and O–H groups in total. The van der Waals surface area contributed by atoms with Crippen LogP contribution in [0.15, 0.2) is 30.3 Å². The smallest absolute Gasteiger partial charge is 0.263 e. The van der Waals surface area contributed by atoms with Crippen molar-refractivity contribution < 1.29 is 9.48 Å². The second-order valence-corrected chi connectivity index (χ2v) is 4.55. The van der Waals surface area contributed by atoms with Crippen molar-refractivity contribution in [2.75, 3.05) is 5.32 Å². The summed E-state index contributed by atoms with van der Waals surface area (Å²) in [6.45, 7) is 1.95. The normalized spacial score (nSPS) is 10.1. The van der Waals surface area contributed by atoms with Gasteiger partial charge in [-0.25, -0.2) is 0 Å². The van der Waals surface area contributed by atoms with Crippen LogP contribution < -0.4 is 10.00 Å². The summed E-state index contributed by atoms with van der Waals surface area (Å²) in [5.41, 5.74) is 0.637. The van der Waals surface area contributed by atoms with Crippen molar-refractivity contribution >= 4 is 22.4 Å². The molecule has 1 aromatic heterocycles. The molecule has 0 radical (unpaired) electrons. The van der Waals surface area contributed by atoms with Crippen LogP contribution in [0.1, 0.15) is 15.4 Å². The number of hydrogen-bond acceptors (Lipinski definition) is 3. The maximum atomic E-state index is 11.8. The third-order valence-corrected chi connectivity index (χ3v) is 3.13. The number of nitrogens with one attached hydrogen (secondary N) is 1. The van der Waals surface area contributed by atoms with Gasteiger partial charge in [-0.15, -0.1) is 0 Å². The summed E-state index contributed by atoms with van der Waals surface area (Å²) in [6.07, 6.45) is 0. The van der Waals surface area contributed by atoms with Crippen LogP contribution in [0, 0.1) is 6.92 Å². The molecule has 0 unspecified atom stereocenters. The molecule has 0 saturated heterocycles. The van der Waals surface area contributed by atoms with Crippen LogP contribution in [0.4, 0.5) is 5.13 Å². The fourth-order valence-corrected chi connectivity index (χ4v) is 2.00. The molecule has 0 aliphatic carbocycles. The van der Waals surface area contributed by atoms with Crippen molar-refractivity contribution in [2.24, 2.45) is 7.05 Å². The number of amides is 1. The van der Waals surface area contributed by atoms with E-state index < -0.39 is 0 Å². The third kappa shape index (κ3) is 2.25. The Morgan fingerprint density at radius 1 is 1.38 bits per heavy atom. The summed E-state index contributed by atoms with van der Waals surface area (Å²) in [5, 5.41) is 8.61. The van der Waals surface area contributed by atoms with Gasteiger partial charge < -0.3 is 0 Å². The fraction of sp³-hybridized carbons (Fsp3) is 0.182. The van der Waals surface area contributed by atoms with Crippen molar-refractivity contribution in [1.29, 1.82) is 0 Å². The van der Waals surface area contributed by atoms with Gasteiger partial charge in [0.1, 0.15) is 0 Å². The Labute approximate surface area is 97.6 Å². The van der Waals surface area contributed by atoms with Crippen molar-refractivity contribution in [2.45, 2.75) is 6.92 Å². The maximum absolute atomic E-state index is 11.8. The van der Waals surface area contributed by atoms with E-state index in [1.54, 1.807) is 16.8 Å². The molecule has 1 amide bonds. The Hall–Kier alpha value is -1.75. The van der Waals surface area contributed by atoms with E-state index >= 15 is 0 Å². The summed E-state index contributed by atoms with van der Waals surface area (Å²) in [5.74, 6) is -0.130. The van der Waals surface area contributed by atoms with E-state index in [1.165, 1.54) is 11.3 Å². The first kappa shape index (κ1) is 10.8. The lowest BCUT2D eigenvalue weighted by molar-refractivity contribution is -0.729. The highest BCUT2D eigenvalue weighted by molar-refractivity contribution is 7.15. The molecule has 1 heterocycles. The second-order valence-electron chi connectivity index (χ2n) is 3.37. The first-order chi connectivity index (χ1) is 7.66. The highest BCUT2D eigenvalue weighted by Gasteiger charge is 2.14. The number of carbonyl (C=O) groups excluding carboxylic acids is 1. The van der Waals surface area contributed by atoms with Gasteiger partial charge in [-0.1, -0.05) is 22.9 Å². The van der Waals surface area contributed by atoms with Crippen molar-refractivity contribution in [3.63, 3.8) is 0 Å². The zero-order valence-corrected chi connectivity index (χ0v) is 9.91. The molecule has 1 aromatic carbocycles. The van der Waals surface area contributed by atoms with Crippen LogP contribution in [0.2, 0.25) is 0 Å². The van der Waals surface area contributed by atoms with Gasteiger partial charge >= 0.3 is 0 Å².